The molecule has 4 saturated carbocycles. The number of Topliss-reactive ketones (excluding diaryl/α,β-unsaturated/α-hetero) is 1. The Balaban J connectivity index is 1.58. The third kappa shape index (κ3) is 2.95. The Bertz CT molecular complexity index is 651. The van der Waals surface area contributed by atoms with E-state index >= 15 is 4.39 Å². The summed E-state index contributed by atoms with van der Waals surface area (Å²) in [5.41, 5.74) is -0.349. The van der Waals surface area contributed by atoms with Crippen molar-refractivity contribution >= 4 is 11.8 Å². The number of hydrogen-bond acceptors (Lipinski definition) is 4. The lowest BCUT2D eigenvalue weighted by molar-refractivity contribution is -0.173. The van der Waals surface area contributed by atoms with E-state index in [0.29, 0.717) is 24.2 Å². The molecule has 0 radical (unpaired) electrons. The van der Waals surface area contributed by atoms with E-state index in [0.717, 1.165) is 44.9 Å². The highest BCUT2D eigenvalue weighted by molar-refractivity contribution is 5.83. The number of ketones is 1. The van der Waals surface area contributed by atoms with Crippen molar-refractivity contribution in [2.24, 2.45) is 40.4 Å². The number of fused-ring (bicyclic) bond motifs is 5. The summed E-state index contributed by atoms with van der Waals surface area (Å²) in [6.45, 7) is 5.43. The van der Waals surface area contributed by atoms with Crippen LogP contribution in [0, 0.1) is 40.4 Å². The summed E-state index contributed by atoms with van der Waals surface area (Å²) in [4.78, 5) is 23.7. The smallest absolute Gasteiger partial charge is 0.302 e. The van der Waals surface area contributed by atoms with E-state index in [1.165, 1.54) is 6.92 Å². The van der Waals surface area contributed by atoms with Crippen LogP contribution < -0.4 is 0 Å². The zero-order chi connectivity index (χ0) is 20.3. The van der Waals surface area contributed by atoms with Crippen molar-refractivity contribution in [1.29, 1.82) is 0 Å². The predicted molar refractivity (Wildman–Crippen MR) is 103 cm³/mol. The maximum Gasteiger partial charge on any atom is 0.302 e. The van der Waals surface area contributed by atoms with Crippen LogP contribution in [-0.4, -0.2) is 35.7 Å². The molecule has 0 spiro atoms. The molecule has 4 rings (SSSR count). The molecule has 0 aromatic rings. The Kier molecular flexibility index (Phi) is 5.13. The third-order valence-corrected chi connectivity index (χ3v) is 9.38. The van der Waals surface area contributed by atoms with Gasteiger partial charge >= 0.3 is 5.97 Å². The molecule has 0 amide bonds. The van der Waals surface area contributed by atoms with Gasteiger partial charge in [-0.1, -0.05) is 13.8 Å². The molecule has 0 aromatic heterocycles. The predicted octanol–water partition coefficient (Wildman–Crippen LogP) is 4.09. The van der Waals surface area contributed by atoms with Gasteiger partial charge < -0.3 is 9.84 Å². The Morgan fingerprint density at radius 2 is 1.86 bits per heavy atom. The first-order valence-corrected chi connectivity index (χ1v) is 11.2. The standard InChI is InChI=1S/C23H35FO4/c1-13(26)28-15-8-9-22(2)14(10-15)4-5-16-17-6-7-18(20(27)12-25)23(17,3)11-19(24)21(16)22/h14-19,21,25H,4-12H2,1-3H3/t14?,15?,16-,17-,18+,19?,21+,22-,23-/m0/s1. The highest BCUT2D eigenvalue weighted by Gasteiger charge is 2.64. The quantitative estimate of drug-likeness (QED) is 0.733. The molecule has 0 aromatic carbocycles. The third-order valence-electron chi connectivity index (χ3n) is 9.38. The van der Waals surface area contributed by atoms with Crippen LogP contribution in [0.4, 0.5) is 4.39 Å². The van der Waals surface area contributed by atoms with Gasteiger partial charge in [0, 0.05) is 12.8 Å². The fraction of sp³-hybridized carbons (Fsp3) is 0.913. The minimum Gasteiger partial charge on any atom is -0.463 e. The normalized spacial score (nSPS) is 50.2. The van der Waals surface area contributed by atoms with Crippen LogP contribution in [0.15, 0.2) is 0 Å². The molecule has 4 aliphatic rings. The number of carbonyl (C=O) groups is 2. The fourth-order valence-corrected chi connectivity index (χ4v) is 8.25. The van der Waals surface area contributed by atoms with Gasteiger partial charge in [-0.15, -0.1) is 0 Å². The molecule has 0 bridgehead atoms. The summed E-state index contributed by atoms with van der Waals surface area (Å²) < 4.78 is 21.3. The van der Waals surface area contributed by atoms with Gasteiger partial charge in [0.15, 0.2) is 5.78 Å². The highest BCUT2D eigenvalue weighted by atomic mass is 19.1. The number of hydrogen-bond donors (Lipinski definition) is 1. The van der Waals surface area contributed by atoms with Crippen LogP contribution in [0.3, 0.4) is 0 Å². The van der Waals surface area contributed by atoms with E-state index in [1.807, 2.05) is 0 Å². The van der Waals surface area contributed by atoms with Gasteiger partial charge in [0.25, 0.3) is 0 Å². The summed E-state index contributed by atoms with van der Waals surface area (Å²) in [6, 6.07) is 0. The number of esters is 1. The Labute approximate surface area is 167 Å². The largest absolute Gasteiger partial charge is 0.463 e. The SMILES string of the molecule is CC(=O)OC1CC[C@@]2(C)C(CC[C@H]3[C@@H]4CC[C@H](C(=O)CO)[C@@]4(C)CC(F)[C@@H]32)C1. The molecular formula is C23H35FO4. The van der Waals surface area contributed by atoms with Crippen molar-refractivity contribution < 1.29 is 23.8 Å². The second-order valence-corrected chi connectivity index (χ2v) is 10.6. The summed E-state index contributed by atoms with van der Waals surface area (Å²) >= 11 is 0. The zero-order valence-electron chi connectivity index (χ0n) is 17.5. The first kappa shape index (κ1) is 20.3. The van der Waals surface area contributed by atoms with E-state index < -0.39 is 12.8 Å². The number of carbonyl (C=O) groups excluding carboxylic acids is 2. The van der Waals surface area contributed by atoms with E-state index in [-0.39, 0.29) is 40.5 Å². The van der Waals surface area contributed by atoms with E-state index in [1.54, 1.807) is 0 Å². The monoisotopic (exact) mass is 394 g/mol. The summed E-state index contributed by atoms with van der Waals surface area (Å²) in [5.74, 6) is 0.663. The number of ether oxygens (including phenoxy) is 1. The zero-order valence-corrected chi connectivity index (χ0v) is 17.5. The van der Waals surface area contributed by atoms with Crippen molar-refractivity contribution in [3.63, 3.8) is 0 Å². The minimum atomic E-state index is -0.892. The Morgan fingerprint density at radius 1 is 1.11 bits per heavy atom. The molecule has 0 saturated heterocycles. The molecule has 4 fully saturated rings. The van der Waals surface area contributed by atoms with Crippen molar-refractivity contribution in [1.82, 2.24) is 0 Å². The molecule has 1 N–H and O–H groups in total. The summed E-state index contributed by atoms with van der Waals surface area (Å²) in [7, 11) is 0. The number of halogens is 1. The molecule has 4 nitrogen and oxygen atoms in total. The van der Waals surface area contributed by atoms with Crippen LogP contribution in [0.1, 0.15) is 72.1 Å². The maximum atomic E-state index is 15.8. The topological polar surface area (TPSA) is 63.6 Å². The molecule has 0 aliphatic heterocycles. The number of rotatable bonds is 3. The minimum absolute atomic E-state index is 0.0166. The Morgan fingerprint density at radius 3 is 2.54 bits per heavy atom. The van der Waals surface area contributed by atoms with Gasteiger partial charge in [-0.2, -0.15) is 0 Å². The average molecular weight is 395 g/mol. The molecule has 5 heteroatoms. The number of aliphatic hydroxyl groups is 1. The number of aliphatic hydroxyl groups excluding tert-OH is 1. The van der Waals surface area contributed by atoms with Gasteiger partial charge in [0.05, 0.1) is 0 Å². The van der Waals surface area contributed by atoms with Crippen molar-refractivity contribution in [2.75, 3.05) is 6.61 Å². The second kappa shape index (κ2) is 7.07. The molecule has 4 aliphatic carbocycles. The summed E-state index contributed by atoms with van der Waals surface area (Å²) in [6.07, 6.45) is 6.00. The Hall–Kier alpha value is -0.970. The lowest BCUT2D eigenvalue weighted by Crippen LogP contribution is -2.58. The van der Waals surface area contributed by atoms with Crippen molar-refractivity contribution in [3.8, 4) is 0 Å². The second-order valence-electron chi connectivity index (χ2n) is 10.6. The van der Waals surface area contributed by atoms with Crippen LogP contribution in [0.5, 0.6) is 0 Å². The number of alkyl halides is 1. The van der Waals surface area contributed by atoms with Crippen molar-refractivity contribution in [2.45, 2.75) is 84.4 Å². The van der Waals surface area contributed by atoms with Crippen LogP contribution in [0.2, 0.25) is 0 Å². The lowest BCUT2D eigenvalue weighted by atomic mass is 9.44. The first-order chi connectivity index (χ1) is 13.2. The molecule has 158 valence electrons. The fourth-order valence-electron chi connectivity index (χ4n) is 8.25. The van der Waals surface area contributed by atoms with E-state index in [2.05, 4.69) is 13.8 Å². The van der Waals surface area contributed by atoms with Crippen LogP contribution in [-0.2, 0) is 14.3 Å². The van der Waals surface area contributed by atoms with Crippen LogP contribution >= 0.6 is 0 Å². The van der Waals surface area contributed by atoms with E-state index in [4.69, 9.17) is 4.74 Å². The average Bonchev–Trinajstić information content (AvgIpc) is 2.97. The molecule has 0 heterocycles. The van der Waals surface area contributed by atoms with Gasteiger partial charge in [0.2, 0.25) is 0 Å². The van der Waals surface area contributed by atoms with Crippen LogP contribution in [0.25, 0.3) is 0 Å². The first-order valence-electron chi connectivity index (χ1n) is 11.2. The van der Waals surface area contributed by atoms with Gasteiger partial charge in [0.1, 0.15) is 18.9 Å². The highest BCUT2D eigenvalue weighted by Crippen LogP contribution is 2.68. The lowest BCUT2D eigenvalue weighted by Gasteiger charge is -2.61. The summed E-state index contributed by atoms with van der Waals surface area (Å²) in [5, 5.41) is 9.40. The maximum absolute atomic E-state index is 15.8. The molecule has 9 atom stereocenters. The van der Waals surface area contributed by atoms with Gasteiger partial charge in [-0.05, 0) is 85.9 Å². The molecular weight excluding hydrogens is 359 g/mol. The van der Waals surface area contributed by atoms with E-state index in [9.17, 15) is 14.7 Å². The van der Waals surface area contributed by atoms with Gasteiger partial charge in [-0.3, -0.25) is 9.59 Å². The molecule has 3 unspecified atom stereocenters. The van der Waals surface area contributed by atoms with Gasteiger partial charge in [-0.25, -0.2) is 4.39 Å². The molecule has 28 heavy (non-hydrogen) atoms. The van der Waals surface area contributed by atoms with Crippen molar-refractivity contribution in [3.05, 3.63) is 0 Å².